The van der Waals surface area contributed by atoms with Gasteiger partial charge >= 0.3 is 5.69 Å². The number of fused-ring (bicyclic) bond motifs is 2. The summed E-state index contributed by atoms with van der Waals surface area (Å²) in [7, 11) is 1.74. The normalized spacial score (nSPS) is 11.3. The number of aromatic nitrogens is 5. The minimum Gasteiger partial charge on any atom is -0.291 e. The number of nitriles is 1. The van der Waals surface area contributed by atoms with E-state index >= 15 is 0 Å². The molecule has 4 rings (SSSR count). The predicted molar refractivity (Wildman–Crippen MR) is 102 cm³/mol. The van der Waals surface area contributed by atoms with Crippen molar-refractivity contribution in [2.75, 3.05) is 0 Å². The highest BCUT2D eigenvalue weighted by atomic mass is 79.9. The molecule has 4 aromatic rings. The van der Waals surface area contributed by atoms with Crippen LogP contribution < -0.4 is 11.2 Å². The Labute approximate surface area is 158 Å². The van der Waals surface area contributed by atoms with Crippen molar-refractivity contribution in [3.8, 4) is 11.8 Å². The molecule has 0 saturated carbocycles. The number of hydrogen-bond acceptors (Lipinski definition) is 6. The van der Waals surface area contributed by atoms with Gasteiger partial charge in [0.05, 0.1) is 45.4 Å². The highest BCUT2D eigenvalue weighted by Gasteiger charge is 2.19. The zero-order valence-electron chi connectivity index (χ0n) is 13.5. The molecular formula is C16H11BrN6O2S. The van der Waals surface area contributed by atoms with Gasteiger partial charge in [-0.1, -0.05) is 0 Å². The van der Waals surface area contributed by atoms with Crippen molar-refractivity contribution in [1.29, 1.82) is 5.26 Å². The van der Waals surface area contributed by atoms with Crippen molar-refractivity contribution in [1.82, 2.24) is 23.9 Å². The second-order valence-corrected chi connectivity index (χ2v) is 8.04. The van der Waals surface area contributed by atoms with E-state index in [0.717, 1.165) is 13.7 Å². The van der Waals surface area contributed by atoms with Crippen molar-refractivity contribution < 1.29 is 0 Å². The first kappa shape index (κ1) is 16.7. The summed E-state index contributed by atoms with van der Waals surface area (Å²) in [5, 5.41) is 13.8. The number of thiophene rings is 1. The van der Waals surface area contributed by atoms with Gasteiger partial charge in [-0.2, -0.15) is 10.4 Å². The van der Waals surface area contributed by atoms with Crippen LogP contribution in [0.5, 0.6) is 0 Å². The minimum absolute atomic E-state index is 0.162. The molecule has 10 heteroatoms. The van der Waals surface area contributed by atoms with Gasteiger partial charge in [0.15, 0.2) is 0 Å². The van der Waals surface area contributed by atoms with Crippen LogP contribution in [0, 0.1) is 11.3 Å². The summed E-state index contributed by atoms with van der Waals surface area (Å²) in [6.07, 6.45) is 4.90. The average Bonchev–Trinajstić information content (AvgIpc) is 3.19. The molecule has 0 amide bonds. The number of aryl methyl sites for hydroxylation is 2. The molecule has 0 N–H and O–H groups in total. The first-order chi connectivity index (χ1) is 12.5. The fourth-order valence-corrected chi connectivity index (χ4v) is 4.50. The van der Waals surface area contributed by atoms with Crippen LogP contribution in [-0.2, 0) is 13.6 Å². The van der Waals surface area contributed by atoms with Gasteiger partial charge in [0.25, 0.3) is 5.56 Å². The monoisotopic (exact) mass is 430 g/mol. The average molecular weight is 431 g/mol. The van der Waals surface area contributed by atoms with E-state index in [1.807, 2.05) is 6.07 Å². The second-order valence-electron chi connectivity index (χ2n) is 5.61. The van der Waals surface area contributed by atoms with Gasteiger partial charge in [-0.05, 0) is 22.0 Å². The lowest BCUT2D eigenvalue weighted by atomic mass is 10.3. The first-order valence-electron chi connectivity index (χ1n) is 7.61. The first-order valence-corrected chi connectivity index (χ1v) is 9.22. The molecule has 0 aliphatic rings. The van der Waals surface area contributed by atoms with Crippen molar-refractivity contribution in [2.45, 2.75) is 13.0 Å². The number of pyridine rings is 1. The van der Waals surface area contributed by atoms with Crippen LogP contribution in [0.25, 0.3) is 26.8 Å². The summed E-state index contributed by atoms with van der Waals surface area (Å²) >= 11 is 4.63. The fraction of sp³-hybridized carbons (Fsp3) is 0.188. The Morgan fingerprint density at radius 2 is 2.12 bits per heavy atom. The highest BCUT2D eigenvalue weighted by Crippen LogP contribution is 2.27. The van der Waals surface area contributed by atoms with E-state index < -0.39 is 11.2 Å². The van der Waals surface area contributed by atoms with Crippen LogP contribution in [-0.4, -0.2) is 23.9 Å². The third-order valence-electron chi connectivity index (χ3n) is 4.10. The maximum atomic E-state index is 13.1. The third kappa shape index (κ3) is 2.40. The van der Waals surface area contributed by atoms with Crippen LogP contribution in [0.1, 0.15) is 6.42 Å². The van der Waals surface area contributed by atoms with Gasteiger partial charge in [0.2, 0.25) is 0 Å². The molecule has 0 bridgehead atoms. The predicted octanol–water partition coefficient (Wildman–Crippen LogP) is 2.17. The van der Waals surface area contributed by atoms with E-state index in [2.05, 4.69) is 26.0 Å². The topological polar surface area (TPSA) is 98.5 Å². The summed E-state index contributed by atoms with van der Waals surface area (Å²) in [6.45, 7) is 0.198. The molecule has 130 valence electrons. The number of rotatable bonds is 3. The Bertz CT molecular complexity index is 1320. The van der Waals surface area contributed by atoms with Crippen LogP contribution in [0.4, 0.5) is 0 Å². The van der Waals surface area contributed by atoms with Crippen molar-refractivity contribution in [3.05, 3.63) is 49.3 Å². The Hall–Kier alpha value is -2.77. The van der Waals surface area contributed by atoms with E-state index in [9.17, 15) is 9.59 Å². The molecule has 4 aromatic heterocycles. The van der Waals surface area contributed by atoms with Crippen molar-refractivity contribution >= 4 is 48.4 Å². The molecule has 0 unspecified atom stereocenters. The molecule has 0 radical (unpaired) electrons. The molecule has 0 spiro atoms. The Balaban J connectivity index is 2.16. The SMILES string of the molecule is Cn1ncc2cncc(-n3c(=O)c4sc(Br)cc4n(CCC#N)c3=O)c21. The molecule has 0 aliphatic carbocycles. The zero-order valence-corrected chi connectivity index (χ0v) is 15.9. The Kier molecular flexibility index (Phi) is 3.97. The lowest BCUT2D eigenvalue weighted by Crippen LogP contribution is -2.38. The minimum atomic E-state index is -0.501. The summed E-state index contributed by atoms with van der Waals surface area (Å²) in [5.41, 5.74) is 0.618. The molecule has 0 atom stereocenters. The van der Waals surface area contributed by atoms with Gasteiger partial charge in [-0.15, -0.1) is 11.3 Å². The quantitative estimate of drug-likeness (QED) is 0.495. The summed E-state index contributed by atoms with van der Waals surface area (Å²) in [5.74, 6) is 0. The Morgan fingerprint density at radius 3 is 2.88 bits per heavy atom. The van der Waals surface area contributed by atoms with Crippen LogP contribution in [0.3, 0.4) is 0 Å². The fourth-order valence-electron chi connectivity index (χ4n) is 2.98. The van der Waals surface area contributed by atoms with E-state index in [-0.39, 0.29) is 13.0 Å². The third-order valence-corrected chi connectivity index (χ3v) is 5.72. The van der Waals surface area contributed by atoms with Gasteiger partial charge in [-0.25, -0.2) is 9.36 Å². The van der Waals surface area contributed by atoms with Gasteiger partial charge in [0, 0.05) is 25.2 Å². The zero-order chi connectivity index (χ0) is 18.4. The lowest BCUT2D eigenvalue weighted by Gasteiger charge is -2.12. The summed E-state index contributed by atoms with van der Waals surface area (Å²) in [4.78, 5) is 30.4. The van der Waals surface area contributed by atoms with Crippen molar-refractivity contribution in [3.63, 3.8) is 0 Å². The molecule has 4 heterocycles. The van der Waals surface area contributed by atoms with Crippen LogP contribution in [0.15, 0.2) is 38.0 Å². The van der Waals surface area contributed by atoms with Gasteiger partial charge in [-0.3, -0.25) is 19.0 Å². The maximum Gasteiger partial charge on any atom is 0.336 e. The number of nitrogens with zero attached hydrogens (tertiary/aromatic N) is 6. The lowest BCUT2D eigenvalue weighted by molar-refractivity contribution is 0.662. The standard InChI is InChI=1S/C16H11BrN6O2S/c1-21-13-9(7-20-21)6-19-8-11(13)23-15(24)14-10(5-12(17)26-14)22(16(23)25)4-2-3-18/h5-8H,2,4H2,1H3. The number of halogens is 1. The Morgan fingerprint density at radius 1 is 1.31 bits per heavy atom. The van der Waals surface area contributed by atoms with Crippen molar-refractivity contribution in [2.24, 2.45) is 7.05 Å². The number of hydrogen-bond donors (Lipinski definition) is 0. The molecular weight excluding hydrogens is 420 g/mol. The van der Waals surface area contributed by atoms with Gasteiger partial charge in [0.1, 0.15) is 4.70 Å². The van der Waals surface area contributed by atoms with E-state index in [1.54, 1.807) is 30.2 Å². The van der Waals surface area contributed by atoms with Crippen LogP contribution in [0.2, 0.25) is 0 Å². The molecule has 0 saturated heterocycles. The molecule has 0 fully saturated rings. The molecule has 0 aliphatic heterocycles. The highest BCUT2D eigenvalue weighted by molar-refractivity contribution is 9.11. The maximum absolute atomic E-state index is 13.1. The smallest absolute Gasteiger partial charge is 0.291 e. The molecule has 26 heavy (non-hydrogen) atoms. The summed E-state index contributed by atoms with van der Waals surface area (Å²) in [6, 6.07) is 3.77. The van der Waals surface area contributed by atoms with E-state index in [4.69, 9.17) is 5.26 Å². The van der Waals surface area contributed by atoms with Crippen LogP contribution >= 0.6 is 27.3 Å². The van der Waals surface area contributed by atoms with E-state index in [1.165, 1.54) is 22.1 Å². The largest absolute Gasteiger partial charge is 0.336 e. The van der Waals surface area contributed by atoms with Gasteiger partial charge < -0.3 is 0 Å². The second kappa shape index (κ2) is 6.19. The molecule has 8 nitrogen and oxygen atoms in total. The molecule has 0 aromatic carbocycles. The van der Waals surface area contributed by atoms with E-state index in [0.29, 0.717) is 21.4 Å². The summed E-state index contributed by atoms with van der Waals surface area (Å²) < 4.78 is 5.35.